The number of hydrogen-bond acceptors (Lipinski definition) is 2. The molecule has 1 atom stereocenters. The van der Waals surface area contributed by atoms with Crippen molar-refractivity contribution in [2.75, 3.05) is 13.2 Å². The summed E-state index contributed by atoms with van der Waals surface area (Å²) < 4.78 is 5.43. The molecule has 0 aromatic rings. The Bertz CT molecular complexity index is 168. The molecule has 1 amide bonds. The molecule has 1 aliphatic heterocycles. The summed E-state index contributed by atoms with van der Waals surface area (Å²) in [5, 5.41) is 0. The molecule has 0 radical (unpaired) electrons. The highest BCUT2D eigenvalue weighted by atomic mass is 16.5. The van der Waals surface area contributed by atoms with Crippen LogP contribution < -0.4 is 0 Å². The summed E-state index contributed by atoms with van der Waals surface area (Å²) in [4.78, 5) is 12.8. The zero-order valence-electron chi connectivity index (χ0n) is 8.04. The zero-order chi connectivity index (χ0) is 9.14. The largest absolute Gasteiger partial charge is 0.377 e. The van der Waals surface area contributed by atoms with Gasteiger partial charge in [0.25, 0.3) is 0 Å². The molecule has 0 aromatic carbocycles. The lowest BCUT2D eigenvalue weighted by Gasteiger charge is -2.40. The number of nitrogens with zero attached hydrogens (tertiary/aromatic N) is 1. The average Bonchev–Trinajstić information content (AvgIpc) is 1.82. The van der Waals surface area contributed by atoms with Crippen LogP contribution in [0.3, 0.4) is 0 Å². The number of carbonyl (C=O) groups is 1. The van der Waals surface area contributed by atoms with Crippen LogP contribution >= 0.6 is 0 Å². The summed E-state index contributed by atoms with van der Waals surface area (Å²) in [5.41, 5.74) is 0. The number of amides is 1. The van der Waals surface area contributed by atoms with E-state index in [9.17, 15) is 4.79 Å². The Morgan fingerprint density at radius 3 is 2.67 bits per heavy atom. The van der Waals surface area contributed by atoms with Gasteiger partial charge in [0.05, 0.1) is 18.8 Å². The average molecular weight is 171 g/mol. The third-order valence-electron chi connectivity index (χ3n) is 2.17. The molecule has 12 heavy (non-hydrogen) atoms. The Labute approximate surface area is 73.7 Å². The molecule has 1 fully saturated rings. The van der Waals surface area contributed by atoms with Crippen molar-refractivity contribution in [2.24, 2.45) is 0 Å². The fourth-order valence-electron chi connectivity index (χ4n) is 1.33. The standard InChI is InChI=1S/C9H17NO2/c1-7(2)12-6-9-4-5-10(9)8(3)11/h7,9H,4-6H2,1-3H3. The highest BCUT2D eigenvalue weighted by Crippen LogP contribution is 2.17. The van der Waals surface area contributed by atoms with Gasteiger partial charge in [0.2, 0.25) is 5.91 Å². The van der Waals surface area contributed by atoms with Crippen LogP contribution in [0.15, 0.2) is 0 Å². The Morgan fingerprint density at radius 2 is 2.33 bits per heavy atom. The summed E-state index contributed by atoms with van der Waals surface area (Å²) in [6.45, 7) is 7.23. The fourth-order valence-corrected chi connectivity index (χ4v) is 1.33. The highest BCUT2D eigenvalue weighted by molar-refractivity contribution is 5.74. The SMILES string of the molecule is CC(=O)N1CCC1COC(C)C. The Balaban J connectivity index is 2.21. The van der Waals surface area contributed by atoms with E-state index in [0.717, 1.165) is 13.0 Å². The van der Waals surface area contributed by atoms with Crippen molar-refractivity contribution in [3.8, 4) is 0 Å². The van der Waals surface area contributed by atoms with Crippen molar-refractivity contribution in [3.63, 3.8) is 0 Å². The van der Waals surface area contributed by atoms with Crippen LogP contribution in [0.25, 0.3) is 0 Å². The van der Waals surface area contributed by atoms with E-state index in [1.165, 1.54) is 0 Å². The first-order chi connectivity index (χ1) is 5.61. The van der Waals surface area contributed by atoms with Gasteiger partial charge in [-0.05, 0) is 20.3 Å². The number of likely N-dealkylation sites (tertiary alicyclic amines) is 1. The molecular weight excluding hydrogens is 154 g/mol. The lowest BCUT2D eigenvalue weighted by molar-refractivity contribution is -0.139. The van der Waals surface area contributed by atoms with E-state index in [1.807, 2.05) is 18.7 Å². The second-order valence-electron chi connectivity index (χ2n) is 3.54. The van der Waals surface area contributed by atoms with Crippen LogP contribution in [0.4, 0.5) is 0 Å². The molecular formula is C9H17NO2. The van der Waals surface area contributed by atoms with Crippen LogP contribution in [0.5, 0.6) is 0 Å². The third-order valence-corrected chi connectivity index (χ3v) is 2.17. The number of carbonyl (C=O) groups excluding carboxylic acids is 1. The van der Waals surface area contributed by atoms with E-state index in [2.05, 4.69) is 0 Å². The summed E-state index contributed by atoms with van der Waals surface area (Å²) in [6, 6.07) is 0.338. The van der Waals surface area contributed by atoms with Crippen molar-refractivity contribution in [3.05, 3.63) is 0 Å². The van der Waals surface area contributed by atoms with E-state index in [1.54, 1.807) is 6.92 Å². The van der Waals surface area contributed by atoms with Gasteiger partial charge in [0, 0.05) is 13.5 Å². The summed E-state index contributed by atoms with van der Waals surface area (Å²) in [7, 11) is 0. The lowest BCUT2D eigenvalue weighted by atomic mass is 10.0. The van der Waals surface area contributed by atoms with Gasteiger partial charge in [-0.3, -0.25) is 4.79 Å². The molecule has 0 aromatic heterocycles. The van der Waals surface area contributed by atoms with Gasteiger partial charge >= 0.3 is 0 Å². The first-order valence-electron chi connectivity index (χ1n) is 4.50. The maximum Gasteiger partial charge on any atom is 0.219 e. The van der Waals surface area contributed by atoms with Crippen LogP contribution in [0, 0.1) is 0 Å². The molecule has 0 spiro atoms. The molecule has 1 aliphatic rings. The molecule has 0 N–H and O–H groups in total. The minimum Gasteiger partial charge on any atom is -0.377 e. The van der Waals surface area contributed by atoms with Gasteiger partial charge in [-0.2, -0.15) is 0 Å². The van der Waals surface area contributed by atoms with E-state index in [4.69, 9.17) is 4.74 Å². The van der Waals surface area contributed by atoms with Crippen LogP contribution in [-0.2, 0) is 9.53 Å². The summed E-state index contributed by atoms with van der Waals surface area (Å²) in [6.07, 6.45) is 1.35. The van der Waals surface area contributed by atoms with Crippen molar-refractivity contribution in [2.45, 2.75) is 39.3 Å². The van der Waals surface area contributed by atoms with Gasteiger partial charge < -0.3 is 9.64 Å². The molecule has 1 rings (SSSR count). The second-order valence-corrected chi connectivity index (χ2v) is 3.54. The zero-order valence-corrected chi connectivity index (χ0v) is 8.04. The smallest absolute Gasteiger partial charge is 0.219 e. The van der Waals surface area contributed by atoms with Crippen molar-refractivity contribution in [1.29, 1.82) is 0 Å². The number of ether oxygens (including phenoxy) is 1. The van der Waals surface area contributed by atoms with E-state index in [0.29, 0.717) is 12.6 Å². The molecule has 1 saturated heterocycles. The molecule has 0 aliphatic carbocycles. The predicted octanol–water partition coefficient (Wildman–Crippen LogP) is 1.03. The molecule has 1 unspecified atom stereocenters. The third kappa shape index (κ3) is 2.21. The van der Waals surface area contributed by atoms with Gasteiger partial charge in [0.1, 0.15) is 0 Å². The molecule has 1 heterocycles. The van der Waals surface area contributed by atoms with Crippen molar-refractivity contribution >= 4 is 5.91 Å². The summed E-state index contributed by atoms with van der Waals surface area (Å²) >= 11 is 0. The van der Waals surface area contributed by atoms with E-state index < -0.39 is 0 Å². The first-order valence-corrected chi connectivity index (χ1v) is 4.50. The van der Waals surface area contributed by atoms with Crippen LogP contribution in [0.2, 0.25) is 0 Å². The quantitative estimate of drug-likeness (QED) is 0.634. The van der Waals surface area contributed by atoms with E-state index in [-0.39, 0.29) is 12.0 Å². The topological polar surface area (TPSA) is 29.5 Å². The van der Waals surface area contributed by atoms with Gasteiger partial charge in [0.15, 0.2) is 0 Å². The molecule has 70 valence electrons. The van der Waals surface area contributed by atoms with Crippen LogP contribution in [-0.4, -0.2) is 36.1 Å². The number of hydrogen-bond donors (Lipinski definition) is 0. The van der Waals surface area contributed by atoms with Crippen molar-refractivity contribution in [1.82, 2.24) is 4.90 Å². The van der Waals surface area contributed by atoms with Gasteiger partial charge in [-0.25, -0.2) is 0 Å². The van der Waals surface area contributed by atoms with E-state index >= 15 is 0 Å². The number of rotatable bonds is 3. The minimum atomic E-state index is 0.165. The molecule has 0 saturated carbocycles. The molecule has 0 bridgehead atoms. The fraction of sp³-hybridized carbons (Fsp3) is 0.889. The molecule has 3 heteroatoms. The van der Waals surface area contributed by atoms with Gasteiger partial charge in [-0.1, -0.05) is 0 Å². The molecule has 3 nitrogen and oxygen atoms in total. The Kier molecular flexibility index (Phi) is 3.09. The maximum absolute atomic E-state index is 11.0. The summed E-state index contributed by atoms with van der Waals surface area (Å²) in [5.74, 6) is 0.165. The van der Waals surface area contributed by atoms with Crippen LogP contribution in [0.1, 0.15) is 27.2 Å². The van der Waals surface area contributed by atoms with Gasteiger partial charge in [-0.15, -0.1) is 0 Å². The minimum absolute atomic E-state index is 0.165. The Morgan fingerprint density at radius 1 is 1.67 bits per heavy atom. The Hall–Kier alpha value is -0.570. The monoisotopic (exact) mass is 171 g/mol. The highest BCUT2D eigenvalue weighted by Gasteiger charge is 2.29. The normalized spacial score (nSPS) is 22.7. The van der Waals surface area contributed by atoms with Crippen molar-refractivity contribution < 1.29 is 9.53 Å². The predicted molar refractivity (Wildman–Crippen MR) is 46.9 cm³/mol. The second kappa shape index (κ2) is 3.90. The maximum atomic E-state index is 11.0. The lowest BCUT2D eigenvalue weighted by Crippen LogP contribution is -2.52. The first kappa shape index (κ1) is 9.52.